The monoisotopic (exact) mass is 352 g/mol. The second kappa shape index (κ2) is 8.31. The highest BCUT2D eigenvalue weighted by molar-refractivity contribution is 5.97. The third-order valence-corrected chi connectivity index (χ3v) is 3.90. The van der Waals surface area contributed by atoms with Crippen molar-refractivity contribution >= 4 is 28.5 Å². The highest BCUT2D eigenvalue weighted by Gasteiger charge is 2.12. The lowest BCUT2D eigenvalue weighted by Crippen LogP contribution is -2.11. The van der Waals surface area contributed by atoms with Gasteiger partial charge in [-0.2, -0.15) is 0 Å². The first kappa shape index (κ1) is 17.7. The Hall–Kier alpha value is -3.12. The first-order valence-corrected chi connectivity index (χ1v) is 8.40. The second-order valence-corrected chi connectivity index (χ2v) is 5.92. The lowest BCUT2D eigenvalue weighted by Gasteiger charge is -2.04. The molecule has 0 saturated carbocycles. The van der Waals surface area contributed by atoms with E-state index in [1.165, 1.54) is 0 Å². The Kier molecular flexibility index (Phi) is 5.66. The van der Waals surface area contributed by atoms with Crippen LogP contribution in [-0.2, 0) is 16.1 Å². The molecule has 26 heavy (non-hydrogen) atoms. The van der Waals surface area contributed by atoms with Gasteiger partial charge in [0.05, 0.1) is 0 Å². The molecule has 0 radical (unpaired) electrons. The molecule has 0 aliphatic carbocycles. The van der Waals surface area contributed by atoms with Crippen LogP contribution in [0.3, 0.4) is 0 Å². The molecule has 0 saturated heterocycles. The summed E-state index contributed by atoms with van der Waals surface area (Å²) >= 11 is 0. The molecule has 1 heterocycles. The van der Waals surface area contributed by atoms with Crippen molar-refractivity contribution in [2.24, 2.45) is 0 Å². The van der Waals surface area contributed by atoms with E-state index in [4.69, 9.17) is 9.84 Å². The summed E-state index contributed by atoms with van der Waals surface area (Å²) in [5.74, 6) is -0.588. The van der Waals surface area contributed by atoms with Crippen LogP contribution >= 0.6 is 0 Å². The number of fused-ring (bicyclic) bond motifs is 1. The van der Waals surface area contributed by atoms with Crippen LogP contribution in [0.4, 0.5) is 5.69 Å². The minimum Gasteiger partial charge on any atom is -0.456 e. The van der Waals surface area contributed by atoms with E-state index in [2.05, 4.69) is 10.3 Å². The molecular formula is C20H20N2O4. The number of aliphatic hydroxyl groups excluding tert-OH is 1. The largest absolute Gasteiger partial charge is 0.456 e. The number of aromatic nitrogens is 1. The number of nitrogens with one attached hydrogen (secondary N) is 2. The molecule has 6 nitrogen and oxygen atoms in total. The number of rotatable bonds is 7. The fourth-order valence-electron chi connectivity index (χ4n) is 2.58. The number of aromatic amines is 1. The number of carbonyl (C=O) groups excluding carboxylic acids is 2. The van der Waals surface area contributed by atoms with Crippen LogP contribution in [0.25, 0.3) is 10.9 Å². The molecule has 0 fully saturated rings. The second-order valence-electron chi connectivity index (χ2n) is 5.92. The van der Waals surface area contributed by atoms with Crippen LogP contribution in [0.1, 0.15) is 28.9 Å². The van der Waals surface area contributed by atoms with Gasteiger partial charge < -0.3 is 20.1 Å². The Morgan fingerprint density at radius 3 is 2.65 bits per heavy atom. The maximum Gasteiger partial charge on any atom is 0.355 e. The summed E-state index contributed by atoms with van der Waals surface area (Å²) < 4.78 is 5.32. The number of carbonyl (C=O) groups is 2. The van der Waals surface area contributed by atoms with Crippen LogP contribution in [0.2, 0.25) is 0 Å². The fourth-order valence-corrected chi connectivity index (χ4v) is 2.58. The molecule has 0 aliphatic heterocycles. The summed E-state index contributed by atoms with van der Waals surface area (Å²) in [6, 6.07) is 16.5. The van der Waals surface area contributed by atoms with Crippen molar-refractivity contribution in [2.75, 3.05) is 11.9 Å². The highest BCUT2D eigenvalue weighted by Crippen LogP contribution is 2.21. The zero-order valence-corrected chi connectivity index (χ0v) is 14.2. The number of anilines is 1. The Morgan fingerprint density at radius 1 is 1.08 bits per heavy atom. The molecule has 6 heteroatoms. The minimum atomic E-state index is -0.432. The molecule has 3 N–H and O–H groups in total. The number of benzene rings is 2. The SMILES string of the molecule is O=C(CCCO)Nc1ccc2[nH]c(C(=O)OCc3ccccc3)cc2c1. The minimum absolute atomic E-state index is 0.0152. The van der Waals surface area contributed by atoms with Crippen LogP contribution < -0.4 is 5.32 Å². The van der Waals surface area contributed by atoms with Crippen LogP contribution in [0.15, 0.2) is 54.6 Å². The maximum atomic E-state index is 12.2. The van der Waals surface area contributed by atoms with Crippen LogP contribution in [-0.4, -0.2) is 28.6 Å². The number of ether oxygens (including phenoxy) is 1. The Bertz CT molecular complexity index is 903. The third kappa shape index (κ3) is 4.49. The van der Waals surface area contributed by atoms with Gasteiger partial charge in [-0.05, 0) is 36.2 Å². The van der Waals surface area contributed by atoms with Crippen molar-refractivity contribution in [3.8, 4) is 0 Å². The van der Waals surface area contributed by atoms with Crippen molar-refractivity contribution in [3.05, 3.63) is 65.9 Å². The number of hydrogen-bond acceptors (Lipinski definition) is 4. The molecule has 0 aliphatic rings. The van der Waals surface area contributed by atoms with Gasteiger partial charge >= 0.3 is 5.97 Å². The van der Waals surface area contributed by atoms with Gasteiger partial charge in [-0.25, -0.2) is 4.79 Å². The summed E-state index contributed by atoms with van der Waals surface area (Å²) in [5.41, 5.74) is 2.71. The fraction of sp³-hybridized carbons (Fsp3) is 0.200. The molecule has 0 unspecified atom stereocenters. The Morgan fingerprint density at radius 2 is 1.88 bits per heavy atom. The molecule has 1 aromatic heterocycles. The first-order valence-electron chi connectivity index (χ1n) is 8.40. The van der Waals surface area contributed by atoms with Gasteiger partial charge in [-0.15, -0.1) is 0 Å². The van der Waals surface area contributed by atoms with Crippen LogP contribution in [0.5, 0.6) is 0 Å². The molecule has 0 bridgehead atoms. The highest BCUT2D eigenvalue weighted by atomic mass is 16.5. The van der Waals surface area contributed by atoms with E-state index >= 15 is 0 Å². The summed E-state index contributed by atoms with van der Waals surface area (Å²) in [4.78, 5) is 27.0. The van der Waals surface area contributed by atoms with Crippen molar-refractivity contribution in [1.29, 1.82) is 0 Å². The number of esters is 1. The van der Waals surface area contributed by atoms with E-state index in [9.17, 15) is 9.59 Å². The van der Waals surface area contributed by atoms with Gasteiger partial charge in [0.25, 0.3) is 0 Å². The lowest BCUT2D eigenvalue weighted by molar-refractivity contribution is -0.116. The van der Waals surface area contributed by atoms with Crippen LogP contribution in [0, 0.1) is 0 Å². The lowest BCUT2D eigenvalue weighted by atomic mass is 10.2. The maximum absolute atomic E-state index is 12.2. The smallest absolute Gasteiger partial charge is 0.355 e. The van der Waals surface area contributed by atoms with Gasteiger partial charge in [0.1, 0.15) is 12.3 Å². The van der Waals surface area contributed by atoms with E-state index < -0.39 is 5.97 Å². The summed E-state index contributed by atoms with van der Waals surface area (Å²) in [6.07, 6.45) is 0.689. The predicted octanol–water partition coefficient (Wildman–Crippen LogP) is 3.24. The molecular weight excluding hydrogens is 332 g/mol. The molecule has 134 valence electrons. The quantitative estimate of drug-likeness (QED) is 0.569. The predicted molar refractivity (Wildman–Crippen MR) is 98.8 cm³/mol. The van der Waals surface area contributed by atoms with Crippen molar-refractivity contribution in [1.82, 2.24) is 4.98 Å². The third-order valence-electron chi connectivity index (χ3n) is 3.90. The van der Waals surface area contributed by atoms with E-state index in [0.717, 1.165) is 16.5 Å². The average Bonchev–Trinajstić information content (AvgIpc) is 3.08. The number of H-pyrrole nitrogens is 1. The molecule has 3 rings (SSSR count). The standard InChI is InChI=1S/C20H20N2O4/c23-10-4-7-19(24)21-16-8-9-17-15(11-16)12-18(22-17)20(25)26-13-14-5-2-1-3-6-14/h1-3,5-6,8-9,11-12,22-23H,4,7,10,13H2,(H,21,24). The molecule has 0 spiro atoms. The van der Waals surface area contributed by atoms with Crippen molar-refractivity contribution in [2.45, 2.75) is 19.4 Å². The molecule has 3 aromatic rings. The summed E-state index contributed by atoms with van der Waals surface area (Å²) in [7, 11) is 0. The zero-order chi connectivity index (χ0) is 18.4. The zero-order valence-electron chi connectivity index (χ0n) is 14.2. The van der Waals surface area contributed by atoms with Gasteiger partial charge in [-0.1, -0.05) is 30.3 Å². The van der Waals surface area contributed by atoms with Gasteiger partial charge in [0.2, 0.25) is 5.91 Å². The first-order chi connectivity index (χ1) is 12.7. The van der Waals surface area contributed by atoms with E-state index in [1.807, 2.05) is 30.3 Å². The normalized spacial score (nSPS) is 10.7. The summed E-state index contributed by atoms with van der Waals surface area (Å²) in [5, 5.41) is 12.3. The average molecular weight is 352 g/mol. The molecule has 2 aromatic carbocycles. The Balaban J connectivity index is 1.66. The van der Waals surface area contributed by atoms with Gasteiger partial charge in [-0.3, -0.25) is 4.79 Å². The topological polar surface area (TPSA) is 91.4 Å². The number of amides is 1. The molecule has 0 atom stereocenters. The van der Waals surface area contributed by atoms with Gasteiger partial charge in [0, 0.05) is 29.6 Å². The van der Waals surface area contributed by atoms with Gasteiger partial charge in [0.15, 0.2) is 0 Å². The van der Waals surface area contributed by atoms with E-state index in [-0.39, 0.29) is 25.5 Å². The van der Waals surface area contributed by atoms with Crippen molar-refractivity contribution in [3.63, 3.8) is 0 Å². The number of aliphatic hydroxyl groups is 1. The summed E-state index contributed by atoms with van der Waals surface area (Å²) in [6.45, 7) is 0.194. The van der Waals surface area contributed by atoms with Crippen molar-refractivity contribution < 1.29 is 19.4 Å². The van der Waals surface area contributed by atoms with E-state index in [0.29, 0.717) is 17.8 Å². The molecule has 1 amide bonds. The Labute approximate surface area is 150 Å². The number of hydrogen-bond donors (Lipinski definition) is 3. The van der Waals surface area contributed by atoms with E-state index in [1.54, 1.807) is 24.3 Å².